The molecule has 0 spiro atoms. The maximum Gasteiger partial charge on any atom is 0.244 e. The molecule has 2 aromatic carbocycles. The van der Waals surface area contributed by atoms with E-state index in [1.54, 1.807) is 13.2 Å². The Labute approximate surface area is 129 Å². The third-order valence-electron chi connectivity index (χ3n) is 3.18. The molecule has 5 heteroatoms. The number of hydrazone groups is 1. The summed E-state index contributed by atoms with van der Waals surface area (Å²) < 4.78 is 5.08. The molecule has 2 aromatic rings. The minimum Gasteiger partial charge on any atom is -0.497 e. The van der Waals surface area contributed by atoms with E-state index in [1.807, 2.05) is 49.4 Å². The van der Waals surface area contributed by atoms with Gasteiger partial charge in [-0.25, -0.2) is 5.43 Å². The monoisotopic (exact) mass is 297 g/mol. The summed E-state index contributed by atoms with van der Waals surface area (Å²) in [6.45, 7) is 1.82. The van der Waals surface area contributed by atoms with Crippen LogP contribution in [0.3, 0.4) is 0 Å². The molecule has 22 heavy (non-hydrogen) atoms. The average Bonchev–Trinajstić information content (AvgIpc) is 2.53. The number of nitrogens with two attached hydrogens (primary N) is 1. The Morgan fingerprint density at radius 3 is 2.59 bits per heavy atom. The maximum absolute atomic E-state index is 11.9. The summed E-state index contributed by atoms with van der Waals surface area (Å²) in [5, 5.41) is 4.10. The first-order valence-electron chi connectivity index (χ1n) is 6.90. The Morgan fingerprint density at radius 2 is 1.95 bits per heavy atom. The number of methoxy groups -OCH3 is 1. The number of carbonyl (C=O) groups excluding carboxylic acids is 1. The largest absolute Gasteiger partial charge is 0.497 e. The van der Waals surface area contributed by atoms with Crippen LogP contribution in [0.1, 0.15) is 18.1 Å². The van der Waals surface area contributed by atoms with Crippen LogP contribution in [0, 0.1) is 0 Å². The molecule has 0 aliphatic carbocycles. The predicted molar refractivity (Wildman–Crippen MR) is 87.9 cm³/mol. The molecule has 0 heterocycles. The Bertz CT molecular complexity index is 679. The third-order valence-corrected chi connectivity index (χ3v) is 3.18. The lowest BCUT2D eigenvalue weighted by molar-refractivity contribution is -0.120. The second-order valence-corrected chi connectivity index (χ2v) is 4.88. The van der Waals surface area contributed by atoms with Gasteiger partial charge in [0.1, 0.15) is 5.75 Å². The smallest absolute Gasteiger partial charge is 0.244 e. The summed E-state index contributed by atoms with van der Waals surface area (Å²) in [6, 6.07) is 14.7. The normalized spacial score (nSPS) is 11.1. The van der Waals surface area contributed by atoms with Crippen molar-refractivity contribution in [2.45, 2.75) is 13.3 Å². The van der Waals surface area contributed by atoms with Crippen LogP contribution >= 0.6 is 0 Å². The van der Waals surface area contributed by atoms with Gasteiger partial charge in [0.05, 0.1) is 19.2 Å². The zero-order valence-electron chi connectivity index (χ0n) is 12.7. The molecule has 0 saturated heterocycles. The molecule has 0 radical (unpaired) electrons. The SMILES string of the molecule is COc1ccc(CC(=O)N/N=C(/C)c2cccc(N)c2)cc1. The number of anilines is 1. The van der Waals surface area contributed by atoms with Crippen molar-refractivity contribution in [3.8, 4) is 5.75 Å². The zero-order valence-corrected chi connectivity index (χ0v) is 12.7. The van der Waals surface area contributed by atoms with E-state index in [9.17, 15) is 4.79 Å². The summed E-state index contributed by atoms with van der Waals surface area (Å²) in [5.74, 6) is 0.591. The van der Waals surface area contributed by atoms with E-state index in [2.05, 4.69) is 10.5 Å². The molecule has 0 aromatic heterocycles. The topological polar surface area (TPSA) is 76.7 Å². The van der Waals surface area contributed by atoms with Crippen molar-refractivity contribution in [2.75, 3.05) is 12.8 Å². The number of nitrogens with one attached hydrogen (secondary N) is 1. The Kier molecular flexibility index (Phi) is 5.14. The Morgan fingerprint density at radius 1 is 1.23 bits per heavy atom. The van der Waals surface area contributed by atoms with Crippen molar-refractivity contribution in [3.63, 3.8) is 0 Å². The molecule has 0 fully saturated rings. The molecule has 2 rings (SSSR count). The first-order chi connectivity index (χ1) is 10.6. The fraction of sp³-hybridized carbons (Fsp3) is 0.176. The van der Waals surface area contributed by atoms with Gasteiger partial charge >= 0.3 is 0 Å². The van der Waals surface area contributed by atoms with Gasteiger partial charge in [0.2, 0.25) is 5.91 Å². The minimum absolute atomic E-state index is 0.173. The number of hydrogen-bond donors (Lipinski definition) is 2. The number of benzene rings is 2. The summed E-state index contributed by atoms with van der Waals surface area (Å²) in [6.07, 6.45) is 0.262. The molecule has 0 unspecified atom stereocenters. The van der Waals surface area contributed by atoms with Crippen LogP contribution in [0.15, 0.2) is 53.6 Å². The number of carbonyl (C=O) groups is 1. The highest BCUT2D eigenvalue weighted by Gasteiger charge is 2.04. The van der Waals surface area contributed by atoms with Gasteiger partial charge in [0.25, 0.3) is 0 Å². The number of hydrogen-bond acceptors (Lipinski definition) is 4. The number of nitrogen functional groups attached to an aromatic ring is 1. The lowest BCUT2D eigenvalue weighted by Gasteiger charge is -2.05. The molecule has 0 atom stereocenters. The molecule has 1 amide bonds. The summed E-state index contributed by atoms with van der Waals surface area (Å²) in [4.78, 5) is 11.9. The van der Waals surface area contributed by atoms with Crippen LogP contribution in [0.2, 0.25) is 0 Å². The number of nitrogens with zero attached hydrogens (tertiary/aromatic N) is 1. The number of ether oxygens (including phenoxy) is 1. The average molecular weight is 297 g/mol. The molecule has 0 aliphatic rings. The van der Waals surface area contributed by atoms with Gasteiger partial charge in [-0.15, -0.1) is 0 Å². The Balaban J connectivity index is 1.95. The fourth-order valence-electron chi connectivity index (χ4n) is 1.94. The van der Waals surface area contributed by atoms with Crippen LogP contribution in [-0.2, 0) is 11.2 Å². The molecule has 114 valence electrons. The maximum atomic E-state index is 11.9. The van der Waals surface area contributed by atoms with Crippen LogP contribution in [-0.4, -0.2) is 18.7 Å². The van der Waals surface area contributed by atoms with E-state index in [0.717, 1.165) is 16.9 Å². The standard InChI is InChI=1S/C17H19N3O2/c1-12(14-4-3-5-15(18)11-14)19-20-17(21)10-13-6-8-16(22-2)9-7-13/h3-9,11H,10,18H2,1-2H3,(H,20,21)/b19-12-. The van der Waals surface area contributed by atoms with Gasteiger partial charge in [-0.2, -0.15) is 5.10 Å². The second kappa shape index (κ2) is 7.26. The Hall–Kier alpha value is -2.82. The number of amides is 1. The van der Waals surface area contributed by atoms with Crippen LogP contribution in [0.4, 0.5) is 5.69 Å². The van der Waals surface area contributed by atoms with Crippen LogP contribution < -0.4 is 15.9 Å². The predicted octanol–water partition coefficient (Wildman–Crippen LogP) is 2.36. The van der Waals surface area contributed by atoms with E-state index >= 15 is 0 Å². The molecule has 5 nitrogen and oxygen atoms in total. The molecule has 3 N–H and O–H groups in total. The molecular formula is C17H19N3O2. The highest BCUT2D eigenvalue weighted by molar-refractivity contribution is 5.99. The highest BCUT2D eigenvalue weighted by atomic mass is 16.5. The highest BCUT2D eigenvalue weighted by Crippen LogP contribution is 2.11. The van der Waals surface area contributed by atoms with Crippen molar-refractivity contribution in [1.82, 2.24) is 5.43 Å². The summed E-state index contributed by atoms with van der Waals surface area (Å²) >= 11 is 0. The van der Waals surface area contributed by atoms with Crippen molar-refractivity contribution in [3.05, 3.63) is 59.7 Å². The fourth-order valence-corrected chi connectivity index (χ4v) is 1.94. The minimum atomic E-state index is -0.173. The van der Waals surface area contributed by atoms with Gasteiger partial charge in [0.15, 0.2) is 0 Å². The third kappa shape index (κ3) is 4.34. The van der Waals surface area contributed by atoms with E-state index in [0.29, 0.717) is 11.4 Å². The van der Waals surface area contributed by atoms with Crippen LogP contribution in [0.5, 0.6) is 5.75 Å². The summed E-state index contributed by atoms with van der Waals surface area (Å²) in [7, 11) is 1.61. The zero-order chi connectivity index (χ0) is 15.9. The van der Waals surface area contributed by atoms with E-state index in [4.69, 9.17) is 10.5 Å². The first-order valence-corrected chi connectivity index (χ1v) is 6.90. The van der Waals surface area contributed by atoms with E-state index in [1.165, 1.54) is 0 Å². The van der Waals surface area contributed by atoms with Crippen molar-refractivity contribution < 1.29 is 9.53 Å². The lowest BCUT2D eigenvalue weighted by atomic mass is 10.1. The van der Waals surface area contributed by atoms with Gasteiger partial charge in [0, 0.05) is 5.69 Å². The van der Waals surface area contributed by atoms with Gasteiger partial charge in [-0.1, -0.05) is 24.3 Å². The van der Waals surface area contributed by atoms with E-state index < -0.39 is 0 Å². The van der Waals surface area contributed by atoms with Crippen molar-refractivity contribution in [2.24, 2.45) is 5.10 Å². The van der Waals surface area contributed by atoms with Gasteiger partial charge in [-0.3, -0.25) is 4.79 Å². The van der Waals surface area contributed by atoms with Gasteiger partial charge < -0.3 is 10.5 Å². The molecule has 0 saturated carbocycles. The van der Waals surface area contributed by atoms with Crippen LogP contribution in [0.25, 0.3) is 0 Å². The van der Waals surface area contributed by atoms with Gasteiger partial charge in [-0.05, 0) is 42.3 Å². The van der Waals surface area contributed by atoms with Crippen molar-refractivity contribution >= 4 is 17.3 Å². The molecular weight excluding hydrogens is 278 g/mol. The molecule has 0 aliphatic heterocycles. The lowest BCUT2D eigenvalue weighted by Crippen LogP contribution is -2.21. The first kappa shape index (κ1) is 15.6. The molecule has 0 bridgehead atoms. The summed E-state index contributed by atoms with van der Waals surface area (Å²) in [5.41, 5.74) is 11.4. The number of rotatable bonds is 5. The van der Waals surface area contributed by atoms with E-state index in [-0.39, 0.29) is 12.3 Å². The second-order valence-electron chi connectivity index (χ2n) is 4.88. The quantitative estimate of drug-likeness (QED) is 0.505. The van der Waals surface area contributed by atoms with Crippen molar-refractivity contribution in [1.29, 1.82) is 0 Å².